The number of aromatic nitrogens is 4. The van der Waals surface area contributed by atoms with Gasteiger partial charge in [0, 0.05) is 31.8 Å². The molecule has 2 atom stereocenters. The molecule has 1 fully saturated rings. The topological polar surface area (TPSA) is 84.8 Å². The number of ether oxygens (including phenoxy) is 1. The number of methoxy groups -OCH3 is 1. The summed E-state index contributed by atoms with van der Waals surface area (Å²) in [4.78, 5) is 12.4. The van der Waals surface area contributed by atoms with Gasteiger partial charge in [0.15, 0.2) is 5.82 Å². The summed E-state index contributed by atoms with van der Waals surface area (Å²) in [5.74, 6) is 1.61. The number of hydrogen-bond donors (Lipinski definition) is 2. The van der Waals surface area contributed by atoms with Crippen LogP contribution in [0.4, 0.5) is 5.82 Å². The summed E-state index contributed by atoms with van der Waals surface area (Å²) in [6.45, 7) is 2.66. The summed E-state index contributed by atoms with van der Waals surface area (Å²) in [5, 5.41) is 14.3. The van der Waals surface area contributed by atoms with E-state index in [1.807, 2.05) is 6.07 Å². The highest BCUT2D eigenvalue weighted by Crippen LogP contribution is 2.37. The van der Waals surface area contributed by atoms with Gasteiger partial charge in [-0.3, -0.25) is 14.6 Å². The Morgan fingerprint density at radius 1 is 1.48 bits per heavy atom. The van der Waals surface area contributed by atoms with E-state index in [4.69, 9.17) is 4.74 Å². The quantitative estimate of drug-likeness (QED) is 0.887. The van der Waals surface area contributed by atoms with Crippen molar-refractivity contribution in [1.29, 1.82) is 0 Å². The second kappa shape index (κ2) is 6.54. The van der Waals surface area contributed by atoms with Gasteiger partial charge in [-0.2, -0.15) is 10.2 Å². The summed E-state index contributed by atoms with van der Waals surface area (Å²) in [7, 11) is 3.34. The van der Waals surface area contributed by atoms with E-state index in [1.54, 1.807) is 24.9 Å². The van der Waals surface area contributed by atoms with Gasteiger partial charge in [0.1, 0.15) is 5.69 Å². The fraction of sp³-hybridized carbons (Fsp3) is 0.562. The number of aryl methyl sites for hydroxylation is 1. The highest BCUT2D eigenvalue weighted by Gasteiger charge is 2.24. The summed E-state index contributed by atoms with van der Waals surface area (Å²) < 4.78 is 6.59. The van der Waals surface area contributed by atoms with Crippen molar-refractivity contribution in [3.63, 3.8) is 0 Å². The molecule has 7 heteroatoms. The highest BCUT2D eigenvalue weighted by atomic mass is 16.5. The Morgan fingerprint density at radius 3 is 3.00 bits per heavy atom. The van der Waals surface area contributed by atoms with Gasteiger partial charge < -0.3 is 10.1 Å². The molecule has 1 aliphatic carbocycles. The molecule has 1 amide bonds. The van der Waals surface area contributed by atoms with Crippen molar-refractivity contribution in [3.05, 3.63) is 29.2 Å². The van der Waals surface area contributed by atoms with Gasteiger partial charge in [-0.15, -0.1) is 0 Å². The first kappa shape index (κ1) is 15.7. The Labute approximate surface area is 135 Å². The molecular weight excluding hydrogens is 294 g/mol. The minimum atomic E-state index is -0.222. The van der Waals surface area contributed by atoms with Crippen molar-refractivity contribution in [2.75, 3.05) is 12.4 Å². The molecule has 2 N–H and O–H groups in total. The van der Waals surface area contributed by atoms with E-state index < -0.39 is 0 Å². The SMILES string of the molecule is COCc1cc(C(=O)Nc2cc([C@H]3CC[C@@H](C)C3)[nH]n2)n(C)n1. The van der Waals surface area contributed by atoms with E-state index in [-0.39, 0.29) is 5.91 Å². The van der Waals surface area contributed by atoms with Crippen molar-refractivity contribution in [3.8, 4) is 0 Å². The van der Waals surface area contributed by atoms with E-state index in [9.17, 15) is 4.79 Å². The molecule has 1 saturated carbocycles. The summed E-state index contributed by atoms with van der Waals surface area (Å²) >= 11 is 0. The Morgan fingerprint density at radius 2 is 2.30 bits per heavy atom. The molecule has 23 heavy (non-hydrogen) atoms. The lowest BCUT2D eigenvalue weighted by molar-refractivity contribution is 0.101. The molecule has 0 radical (unpaired) electrons. The third-order valence-corrected chi connectivity index (χ3v) is 4.43. The van der Waals surface area contributed by atoms with E-state index in [0.29, 0.717) is 24.0 Å². The molecule has 0 spiro atoms. The number of H-pyrrole nitrogens is 1. The van der Waals surface area contributed by atoms with Crippen molar-refractivity contribution in [2.45, 2.75) is 38.7 Å². The molecule has 2 aromatic rings. The molecule has 124 valence electrons. The fourth-order valence-corrected chi connectivity index (χ4v) is 3.24. The van der Waals surface area contributed by atoms with E-state index in [0.717, 1.165) is 17.3 Å². The number of amides is 1. The fourth-order valence-electron chi connectivity index (χ4n) is 3.24. The van der Waals surface area contributed by atoms with Gasteiger partial charge in [-0.25, -0.2) is 0 Å². The molecule has 0 saturated heterocycles. The lowest BCUT2D eigenvalue weighted by atomic mass is 10.0. The summed E-state index contributed by atoms with van der Waals surface area (Å²) in [5.41, 5.74) is 2.31. The number of hydrogen-bond acceptors (Lipinski definition) is 4. The predicted molar refractivity (Wildman–Crippen MR) is 86.2 cm³/mol. The number of aromatic amines is 1. The normalized spacial score (nSPS) is 20.8. The number of carbonyl (C=O) groups excluding carboxylic acids is 1. The molecule has 0 aromatic carbocycles. The average Bonchev–Trinajstić information content (AvgIpc) is 3.20. The van der Waals surface area contributed by atoms with E-state index >= 15 is 0 Å². The van der Waals surface area contributed by atoms with Gasteiger partial charge >= 0.3 is 0 Å². The van der Waals surface area contributed by atoms with Gasteiger partial charge in [0.2, 0.25) is 0 Å². The minimum Gasteiger partial charge on any atom is -0.378 e. The summed E-state index contributed by atoms with van der Waals surface area (Å²) in [6.07, 6.45) is 3.61. The molecular formula is C16H23N5O2. The number of nitrogens with zero attached hydrogens (tertiary/aromatic N) is 3. The van der Waals surface area contributed by atoms with Crippen LogP contribution in [0.15, 0.2) is 12.1 Å². The van der Waals surface area contributed by atoms with E-state index in [2.05, 4.69) is 27.5 Å². The second-order valence-corrected chi connectivity index (χ2v) is 6.36. The van der Waals surface area contributed by atoms with Crippen LogP contribution in [-0.2, 0) is 18.4 Å². The molecule has 7 nitrogen and oxygen atoms in total. The van der Waals surface area contributed by atoms with Crippen molar-refractivity contribution in [1.82, 2.24) is 20.0 Å². The minimum absolute atomic E-state index is 0.222. The van der Waals surface area contributed by atoms with E-state index in [1.165, 1.54) is 19.3 Å². The largest absolute Gasteiger partial charge is 0.378 e. The molecule has 3 rings (SSSR count). The zero-order valence-electron chi connectivity index (χ0n) is 13.8. The first-order chi connectivity index (χ1) is 11.1. The van der Waals surface area contributed by atoms with Crippen LogP contribution in [-0.4, -0.2) is 33.0 Å². The van der Waals surface area contributed by atoms with Crippen LogP contribution < -0.4 is 5.32 Å². The number of nitrogens with one attached hydrogen (secondary N) is 2. The number of rotatable bonds is 5. The first-order valence-electron chi connectivity index (χ1n) is 7.95. The van der Waals surface area contributed by atoms with Crippen LogP contribution >= 0.6 is 0 Å². The number of carbonyl (C=O) groups is 1. The zero-order valence-corrected chi connectivity index (χ0v) is 13.8. The lowest BCUT2D eigenvalue weighted by Gasteiger charge is -2.05. The van der Waals surface area contributed by atoms with Gasteiger partial charge in [0.05, 0.1) is 12.3 Å². The Hall–Kier alpha value is -2.15. The molecule has 0 bridgehead atoms. The van der Waals surface area contributed by atoms with Crippen LogP contribution in [0, 0.1) is 5.92 Å². The maximum absolute atomic E-state index is 12.4. The van der Waals surface area contributed by atoms with Crippen LogP contribution in [0.3, 0.4) is 0 Å². The molecule has 1 aliphatic rings. The van der Waals surface area contributed by atoms with Crippen molar-refractivity contribution < 1.29 is 9.53 Å². The highest BCUT2D eigenvalue weighted by molar-refractivity contribution is 6.02. The van der Waals surface area contributed by atoms with Gasteiger partial charge in [-0.1, -0.05) is 13.3 Å². The lowest BCUT2D eigenvalue weighted by Crippen LogP contribution is -2.16. The van der Waals surface area contributed by atoms with Crippen LogP contribution in [0.2, 0.25) is 0 Å². The molecule has 0 unspecified atom stereocenters. The first-order valence-corrected chi connectivity index (χ1v) is 7.95. The van der Waals surface area contributed by atoms with Crippen molar-refractivity contribution in [2.24, 2.45) is 13.0 Å². The van der Waals surface area contributed by atoms with Crippen LogP contribution in [0.1, 0.15) is 54.0 Å². The van der Waals surface area contributed by atoms with Crippen molar-refractivity contribution >= 4 is 11.7 Å². The third-order valence-electron chi connectivity index (χ3n) is 4.43. The second-order valence-electron chi connectivity index (χ2n) is 6.36. The standard InChI is InChI=1S/C16H23N5O2/c1-10-4-5-11(6-10)13-8-15(19-18-13)17-16(22)14-7-12(9-23-3)20-21(14)2/h7-8,10-11H,4-6,9H2,1-3H3,(H2,17,18,19,22)/t10-,11+/m1/s1. The Kier molecular flexibility index (Phi) is 4.47. The monoisotopic (exact) mass is 317 g/mol. The Balaban J connectivity index is 1.67. The third kappa shape index (κ3) is 3.44. The number of anilines is 1. The van der Waals surface area contributed by atoms with Gasteiger partial charge in [-0.05, 0) is 24.8 Å². The summed E-state index contributed by atoms with van der Waals surface area (Å²) in [6, 6.07) is 3.66. The molecule has 2 heterocycles. The smallest absolute Gasteiger partial charge is 0.275 e. The zero-order chi connectivity index (χ0) is 16.4. The average molecular weight is 317 g/mol. The van der Waals surface area contributed by atoms with Crippen LogP contribution in [0.25, 0.3) is 0 Å². The van der Waals surface area contributed by atoms with Gasteiger partial charge in [0.25, 0.3) is 5.91 Å². The van der Waals surface area contributed by atoms with Crippen LogP contribution in [0.5, 0.6) is 0 Å². The maximum Gasteiger partial charge on any atom is 0.275 e. The molecule has 2 aromatic heterocycles. The Bertz CT molecular complexity index is 690. The molecule has 0 aliphatic heterocycles. The predicted octanol–water partition coefficient (Wildman–Crippen LogP) is 2.45. The maximum atomic E-state index is 12.4.